The third-order valence-electron chi connectivity index (χ3n) is 7.38. The molecule has 3 heterocycles. The molecule has 3 N–H and O–H groups in total. The van der Waals surface area contributed by atoms with Gasteiger partial charge in [-0.3, -0.25) is 9.69 Å². The molecule has 0 bridgehead atoms. The molecule has 10 heteroatoms. The molecule has 0 spiro atoms. The van der Waals surface area contributed by atoms with Crippen molar-refractivity contribution >= 4 is 34.4 Å². The Kier molecular flexibility index (Phi) is 9.71. The number of pyridine rings is 1. The van der Waals surface area contributed by atoms with E-state index in [-0.39, 0.29) is 12.5 Å². The van der Waals surface area contributed by atoms with Gasteiger partial charge in [-0.05, 0) is 75.8 Å². The first-order valence-electron chi connectivity index (χ1n) is 14.1. The van der Waals surface area contributed by atoms with E-state index in [9.17, 15) is 4.79 Å². The molecule has 0 aliphatic carbocycles. The number of H-pyrrole nitrogens is 1. The van der Waals surface area contributed by atoms with Crippen molar-refractivity contribution in [3.63, 3.8) is 0 Å². The third-order valence-corrected chi connectivity index (χ3v) is 7.66. The Morgan fingerprint density at radius 2 is 1.88 bits per heavy atom. The van der Waals surface area contributed by atoms with Crippen LogP contribution >= 0.6 is 11.6 Å². The van der Waals surface area contributed by atoms with Crippen molar-refractivity contribution in [2.24, 2.45) is 5.92 Å². The fourth-order valence-electron chi connectivity index (χ4n) is 5.01. The standard InChI is InChI=1S/C31H38ClN7O2/c1-38(2)17-14-33-27(40)21-41-25-10-8-24(9-11-25)30-36-29-28(26(32)19-35-31(29)37-30)34-18-22-12-15-39(16-13-22)20-23-6-4-3-5-7-23/h3-11,19,22H,12-18,20-21H2,1-2H3,(H,33,40)(H2,34,35,36,37). The summed E-state index contributed by atoms with van der Waals surface area (Å²) in [6.07, 6.45) is 3.94. The second-order valence-electron chi connectivity index (χ2n) is 10.8. The lowest BCUT2D eigenvalue weighted by molar-refractivity contribution is -0.123. The van der Waals surface area contributed by atoms with Crippen LogP contribution in [-0.4, -0.2) is 84.1 Å². The topological polar surface area (TPSA) is 98.4 Å². The lowest BCUT2D eigenvalue weighted by Crippen LogP contribution is -2.35. The van der Waals surface area contributed by atoms with Crippen molar-refractivity contribution in [3.05, 3.63) is 71.4 Å². The molecule has 9 nitrogen and oxygen atoms in total. The minimum atomic E-state index is -0.145. The molecule has 5 rings (SSSR count). The van der Waals surface area contributed by atoms with Gasteiger partial charge in [-0.15, -0.1) is 0 Å². The largest absolute Gasteiger partial charge is 0.484 e. The molecule has 1 amide bonds. The van der Waals surface area contributed by atoms with Crippen molar-refractivity contribution < 1.29 is 9.53 Å². The molecule has 2 aromatic carbocycles. The summed E-state index contributed by atoms with van der Waals surface area (Å²) >= 11 is 6.59. The lowest BCUT2D eigenvalue weighted by Gasteiger charge is -2.32. The van der Waals surface area contributed by atoms with Crippen LogP contribution in [0.3, 0.4) is 0 Å². The Morgan fingerprint density at radius 1 is 1.12 bits per heavy atom. The zero-order valence-corrected chi connectivity index (χ0v) is 24.5. The number of aromatic nitrogens is 3. The molecule has 1 aliphatic rings. The number of nitrogens with one attached hydrogen (secondary N) is 3. The van der Waals surface area contributed by atoms with E-state index in [2.05, 4.69) is 55.8 Å². The number of piperidine rings is 1. The van der Waals surface area contributed by atoms with Gasteiger partial charge < -0.3 is 25.3 Å². The Morgan fingerprint density at radius 3 is 2.61 bits per heavy atom. The number of rotatable bonds is 12. The third kappa shape index (κ3) is 7.97. The number of hydrogen-bond acceptors (Lipinski definition) is 7. The second kappa shape index (κ2) is 13.8. The van der Waals surface area contributed by atoms with Crippen LogP contribution in [0, 0.1) is 5.92 Å². The first-order valence-corrected chi connectivity index (χ1v) is 14.5. The van der Waals surface area contributed by atoms with Gasteiger partial charge in [0.05, 0.1) is 16.9 Å². The van der Waals surface area contributed by atoms with Gasteiger partial charge >= 0.3 is 0 Å². The van der Waals surface area contributed by atoms with Gasteiger partial charge in [0, 0.05) is 31.7 Å². The zero-order chi connectivity index (χ0) is 28.6. The van der Waals surface area contributed by atoms with Gasteiger partial charge in [0.1, 0.15) is 17.1 Å². The van der Waals surface area contributed by atoms with E-state index in [1.165, 1.54) is 5.56 Å². The number of likely N-dealkylation sites (tertiary alicyclic amines) is 1. The maximum Gasteiger partial charge on any atom is 0.257 e. The molecule has 0 atom stereocenters. The average molecular weight is 576 g/mol. The number of nitrogens with zero attached hydrogens (tertiary/aromatic N) is 4. The molecule has 0 saturated carbocycles. The number of likely N-dealkylation sites (N-methyl/N-ethyl adjacent to an activating group) is 1. The molecule has 2 aromatic heterocycles. The van der Waals surface area contributed by atoms with E-state index < -0.39 is 0 Å². The highest BCUT2D eigenvalue weighted by Crippen LogP contribution is 2.32. The van der Waals surface area contributed by atoms with Gasteiger partial charge in [0.15, 0.2) is 12.3 Å². The van der Waals surface area contributed by atoms with Crippen LogP contribution in [0.25, 0.3) is 22.6 Å². The Bertz CT molecular complexity index is 1420. The number of carbonyl (C=O) groups is 1. The van der Waals surface area contributed by atoms with Crippen LogP contribution < -0.4 is 15.4 Å². The predicted octanol–water partition coefficient (Wildman–Crippen LogP) is 4.66. The zero-order valence-electron chi connectivity index (χ0n) is 23.7. The summed E-state index contributed by atoms with van der Waals surface area (Å²) in [6, 6.07) is 18.2. The molecule has 41 heavy (non-hydrogen) atoms. The van der Waals surface area contributed by atoms with Crippen LogP contribution in [0.5, 0.6) is 5.75 Å². The maximum absolute atomic E-state index is 12.0. The fraction of sp³-hybridized carbons (Fsp3) is 0.387. The summed E-state index contributed by atoms with van der Waals surface area (Å²) in [7, 11) is 3.93. The number of anilines is 1. The van der Waals surface area contributed by atoms with Crippen molar-refractivity contribution in [2.75, 3.05) is 58.7 Å². The van der Waals surface area contributed by atoms with Crippen molar-refractivity contribution in [3.8, 4) is 17.1 Å². The summed E-state index contributed by atoms with van der Waals surface area (Å²) in [5.74, 6) is 1.74. The summed E-state index contributed by atoms with van der Waals surface area (Å²) in [4.78, 5) is 29.1. The molecular weight excluding hydrogens is 538 g/mol. The highest BCUT2D eigenvalue weighted by molar-refractivity contribution is 6.34. The fourth-order valence-corrected chi connectivity index (χ4v) is 5.22. The van der Waals surface area contributed by atoms with E-state index in [0.29, 0.717) is 34.7 Å². The first-order chi connectivity index (χ1) is 19.9. The molecule has 1 aliphatic heterocycles. The lowest BCUT2D eigenvalue weighted by atomic mass is 9.96. The van der Waals surface area contributed by atoms with Crippen LogP contribution in [-0.2, 0) is 11.3 Å². The van der Waals surface area contributed by atoms with E-state index in [1.54, 1.807) is 6.20 Å². The number of aromatic amines is 1. The highest BCUT2D eigenvalue weighted by atomic mass is 35.5. The van der Waals surface area contributed by atoms with E-state index in [4.69, 9.17) is 21.3 Å². The Hall–Kier alpha value is -3.66. The smallest absolute Gasteiger partial charge is 0.257 e. The van der Waals surface area contributed by atoms with Gasteiger partial charge in [-0.1, -0.05) is 41.9 Å². The number of halogens is 1. The van der Waals surface area contributed by atoms with Crippen LogP contribution in [0.2, 0.25) is 5.02 Å². The van der Waals surface area contributed by atoms with Crippen molar-refractivity contribution in [1.82, 2.24) is 30.1 Å². The van der Waals surface area contributed by atoms with Crippen LogP contribution in [0.4, 0.5) is 5.69 Å². The summed E-state index contributed by atoms with van der Waals surface area (Å²) in [5, 5.41) is 7.00. The molecule has 1 saturated heterocycles. The quantitative estimate of drug-likeness (QED) is 0.226. The minimum absolute atomic E-state index is 0.0269. The summed E-state index contributed by atoms with van der Waals surface area (Å²) in [5.41, 5.74) is 4.50. The van der Waals surface area contributed by atoms with E-state index in [1.807, 2.05) is 43.3 Å². The van der Waals surface area contributed by atoms with Gasteiger partial charge in [0.2, 0.25) is 0 Å². The maximum atomic E-state index is 12.0. The number of ether oxygens (including phenoxy) is 1. The predicted molar refractivity (Wildman–Crippen MR) is 164 cm³/mol. The average Bonchev–Trinajstić information content (AvgIpc) is 3.42. The molecule has 0 unspecified atom stereocenters. The van der Waals surface area contributed by atoms with Crippen molar-refractivity contribution in [1.29, 1.82) is 0 Å². The highest BCUT2D eigenvalue weighted by Gasteiger charge is 2.21. The monoisotopic (exact) mass is 575 g/mol. The Labute approximate surface area is 246 Å². The minimum Gasteiger partial charge on any atom is -0.484 e. The number of benzene rings is 2. The summed E-state index contributed by atoms with van der Waals surface area (Å²) < 4.78 is 5.64. The molecular formula is C31H38ClN7O2. The summed E-state index contributed by atoms with van der Waals surface area (Å²) in [6.45, 7) is 5.38. The second-order valence-corrected chi connectivity index (χ2v) is 11.2. The Balaban J connectivity index is 1.16. The number of hydrogen-bond donors (Lipinski definition) is 3. The van der Waals surface area contributed by atoms with E-state index in [0.717, 1.165) is 62.3 Å². The van der Waals surface area contributed by atoms with Crippen LogP contribution in [0.15, 0.2) is 60.8 Å². The number of amides is 1. The van der Waals surface area contributed by atoms with Gasteiger partial charge in [-0.25, -0.2) is 9.97 Å². The normalized spacial score (nSPS) is 14.4. The van der Waals surface area contributed by atoms with Crippen LogP contribution in [0.1, 0.15) is 18.4 Å². The number of carbonyl (C=O) groups excluding carboxylic acids is 1. The van der Waals surface area contributed by atoms with E-state index >= 15 is 0 Å². The van der Waals surface area contributed by atoms with Gasteiger partial charge in [-0.2, -0.15) is 0 Å². The number of imidazole rings is 1. The molecule has 1 fully saturated rings. The number of fused-ring (bicyclic) bond motifs is 1. The molecule has 216 valence electrons. The van der Waals surface area contributed by atoms with Crippen molar-refractivity contribution in [2.45, 2.75) is 19.4 Å². The first kappa shape index (κ1) is 28.9. The van der Waals surface area contributed by atoms with Gasteiger partial charge in [0.25, 0.3) is 5.91 Å². The molecule has 0 radical (unpaired) electrons. The molecule has 4 aromatic rings. The SMILES string of the molecule is CN(C)CCNC(=O)COc1ccc(-c2nc3ncc(Cl)c(NCC4CCN(Cc5ccccc5)CC4)c3[nH]2)cc1.